The Bertz CT molecular complexity index is 1150. The molecule has 0 radical (unpaired) electrons. The van der Waals surface area contributed by atoms with E-state index in [1.54, 1.807) is 36.4 Å². The van der Waals surface area contributed by atoms with Crippen LogP contribution in [-0.2, 0) is 21.2 Å². The molecule has 0 aromatic heterocycles. The van der Waals surface area contributed by atoms with Crippen LogP contribution in [0.5, 0.6) is 0 Å². The molecule has 30 heavy (non-hydrogen) atoms. The molecule has 1 N–H and O–H groups in total. The average Bonchev–Trinajstić information content (AvgIpc) is 2.75. The van der Waals surface area contributed by atoms with Gasteiger partial charge in [-0.3, -0.25) is 9.10 Å². The zero-order valence-corrected chi connectivity index (χ0v) is 19.2. The maximum absolute atomic E-state index is 13.4. The minimum Gasteiger partial charge on any atom is -0.325 e. The molecule has 0 bridgehead atoms. The first kappa shape index (κ1) is 22.1. The van der Waals surface area contributed by atoms with Gasteiger partial charge in [-0.05, 0) is 60.9 Å². The Morgan fingerprint density at radius 3 is 2.33 bits per heavy atom. The second-order valence-electron chi connectivity index (χ2n) is 6.82. The summed E-state index contributed by atoms with van der Waals surface area (Å²) in [6, 6.07) is 20.8. The normalized spacial score (nSPS) is 11.2. The summed E-state index contributed by atoms with van der Waals surface area (Å²) in [6.07, 6.45) is 0.643. The largest absolute Gasteiger partial charge is 0.325 e. The zero-order valence-electron chi connectivity index (χ0n) is 16.8. The van der Waals surface area contributed by atoms with Crippen molar-refractivity contribution < 1.29 is 13.2 Å². The number of anilines is 2. The van der Waals surface area contributed by atoms with Gasteiger partial charge in [0.15, 0.2) is 0 Å². The summed E-state index contributed by atoms with van der Waals surface area (Å²) in [7, 11) is -3.92. The molecule has 0 saturated heterocycles. The fourth-order valence-electron chi connectivity index (χ4n) is 3.13. The van der Waals surface area contributed by atoms with E-state index in [1.165, 1.54) is 16.4 Å². The highest BCUT2D eigenvalue weighted by atomic mass is 79.9. The second kappa shape index (κ2) is 9.45. The van der Waals surface area contributed by atoms with Crippen molar-refractivity contribution in [2.24, 2.45) is 0 Å². The lowest BCUT2D eigenvalue weighted by atomic mass is 10.1. The van der Waals surface area contributed by atoms with Crippen LogP contribution in [0.1, 0.15) is 18.1 Å². The fraction of sp³-hybridized carbons (Fsp3) is 0.174. The molecule has 0 fully saturated rings. The Labute approximate surface area is 185 Å². The molecule has 156 valence electrons. The van der Waals surface area contributed by atoms with Gasteiger partial charge in [0, 0.05) is 10.2 Å². The highest BCUT2D eigenvalue weighted by molar-refractivity contribution is 9.10. The Kier molecular flexibility index (Phi) is 6.95. The van der Waals surface area contributed by atoms with Gasteiger partial charge in [0.25, 0.3) is 10.0 Å². The molecule has 3 aromatic rings. The number of sulfonamides is 1. The van der Waals surface area contributed by atoms with E-state index in [2.05, 4.69) is 21.2 Å². The Hall–Kier alpha value is -2.64. The molecule has 5 nitrogen and oxygen atoms in total. The molecule has 1 amide bonds. The minimum absolute atomic E-state index is 0.142. The van der Waals surface area contributed by atoms with E-state index < -0.39 is 15.9 Å². The van der Waals surface area contributed by atoms with Crippen LogP contribution in [0, 0.1) is 6.92 Å². The number of nitrogens with zero attached hydrogens (tertiary/aromatic N) is 1. The molecule has 0 saturated carbocycles. The van der Waals surface area contributed by atoms with Gasteiger partial charge in [-0.15, -0.1) is 0 Å². The number of benzene rings is 3. The predicted molar refractivity (Wildman–Crippen MR) is 124 cm³/mol. The van der Waals surface area contributed by atoms with Crippen molar-refractivity contribution in [3.8, 4) is 0 Å². The number of para-hydroxylation sites is 1. The van der Waals surface area contributed by atoms with E-state index in [4.69, 9.17) is 0 Å². The number of aryl methyl sites for hydroxylation is 2. The predicted octanol–water partition coefficient (Wildman–Crippen LogP) is 5.15. The first-order valence-electron chi connectivity index (χ1n) is 9.54. The van der Waals surface area contributed by atoms with Crippen LogP contribution in [0.25, 0.3) is 0 Å². The first-order valence-corrected chi connectivity index (χ1v) is 11.8. The van der Waals surface area contributed by atoms with Crippen molar-refractivity contribution in [2.75, 3.05) is 16.2 Å². The maximum Gasteiger partial charge on any atom is 0.264 e. The number of rotatable bonds is 7. The summed E-state index contributed by atoms with van der Waals surface area (Å²) in [6.45, 7) is 3.55. The van der Waals surface area contributed by atoms with E-state index in [0.717, 1.165) is 15.6 Å². The Morgan fingerprint density at radius 2 is 1.67 bits per heavy atom. The molecule has 0 unspecified atom stereocenters. The average molecular weight is 487 g/mol. The van der Waals surface area contributed by atoms with E-state index in [-0.39, 0.29) is 11.4 Å². The van der Waals surface area contributed by atoms with E-state index in [0.29, 0.717) is 17.8 Å². The Morgan fingerprint density at radius 1 is 1.00 bits per heavy atom. The molecule has 0 heterocycles. The molecule has 0 aliphatic carbocycles. The lowest BCUT2D eigenvalue weighted by molar-refractivity contribution is -0.114. The van der Waals surface area contributed by atoms with Crippen molar-refractivity contribution in [1.29, 1.82) is 0 Å². The summed E-state index contributed by atoms with van der Waals surface area (Å²) < 4.78 is 29.0. The summed E-state index contributed by atoms with van der Waals surface area (Å²) in [4.78, 5) is 13.0. The highest BCUT2D eigenvalue weighted by Gasteiger charge is 2.28. The summed E-state index contributed by atoms with van der Waals surface area (Å²) in [5, 5.41) is 2.81. The van der Waals surface area contributed by atoms with Crippen molar-refractivity contribution >= 4 is 43.2 Å². The smallest absolute Gasteiger partial charge is 0.264 e. The third kappa shape index (κ3) is 4.91. The van der Waals surface area contributed by atoms with E-state index >= 15 is 0 Å². The summed E-state index contributed by atoms with van der Waals surface area (Å²) >= 11 is 3.43. The molecular weight excluding hydrogens is 464 g/mol. The fourth-order valence-corrected chi connectivity index (χ4v) is 4.85. The molecule has 7 heteroatoms. The van der Waals surface area contributed by atoms with Crippen molar-refractivity contribution in [1.82, 2.24) is 0 Å². The second-order valence-corrected chi connectivity index (χ2v) is 9.54. The molecular formula is C23H23BrN2O3S. The number of carbonyl (C=O) groups excluding carboxylic acids is 1. The maximum atomic E-state index is 13.4. The highest BCUT2D eigenvalue weighted by Crippen LogP contribution is 2.28. The lowest BCUT2D eigenvalue weighted by Crippen LogP contribution is -2.38. The monoisotopic (exact) mass is 486 g/mol. The third-order valence-corrected chi connectivity index (χ3v) is 7.37. The number of carbonyl (C=O) groups is 1. The van der Waals surface area contributed by atoms with Crippen LogP contribution in [0.3, 0.4) is 0 Å². The van der Waals surface area contributed by atoms with Gasteiger partial charge in [0.1, 0.15) is 6.54 Å². The molecule has 3 rings (SSSR count). The zero-order chi connectivity index (χ0) is 21.7. The number of hydrogen-bond donors (Lipinski definition) is 1. The van der Waals surface area contributed by atoms with Crippen LogP contribution < -0.4 is 9.62 Å². The number of halogens is 1. The van der Waals surface area contributed by atoms with Gasteiger partial charge >= 0.3 is 0 Å². The molecule has 0 aliphatic rings. The molecule has 0 spiro atoms. The molecule has 0 atom stereocenters. The van der Waals surface area contributed by atoms with Crippen molar-refractivity contribution in [2.45, 2.75) is 25.2 Å². The van der Waals surface area contributed by atoms with Crippen LogP contribution in [0.15, 0.2) is 82.2 Å². The van der Waals surface area contributed by atoms with Gasteiger partial charge in [0.05, 0.1) is 10.6 Å². The number of hydrogen-bond acceptors (Lipinski definition) is 3. The quantitative estimate of drug-likeness (QED) is 0.501. The summed E-state index contributed by atoms with van der Waals surface area (Å²) in [5.74, 6) is -0.415. The number of nitrogens with one attached hydrogen (secondary N) is 1. The van der Waals surface area contributed by atoms with Crippen molar-refractivity contribution in [3.63, 3.8) is 0 Å². The van der Waals surface area contributed by atoms with Crippen LogP contribution in [-0.4, -0.2) is 20.9 Å². The van der Waals surface area contributed by atoms with Crippen LogP contribution in [0.4, 0.5) is 11.4 Å². The van der Waals surface area contributed by atoms with E-state index in [1.807, 2.05) is 38.1 Å². The van der Waals surface area contributed by atoms with Gasteiger partial charge in [-0.1, -0.05) is 59.3 Å². The van der Waals surface area contributed by atoms with Crippen LogP contribution in [0.2, 0.25) is 0 Å². The van der Waals surface area contributed by atoms with Crippen molar-refractivity contribution in [3.05, 3.63) is 88.4 Å². The Balaban J connectivity index is 1.97. The molecule has 0 aliphatic heterocycles. The topological polar surface area (TPSA) is 66.5 Å². The van der Waals surface area contributed by atoms with E-state index in [9.17, 15) is 13.2 Å². The van der Waals surface area contributed by atoms with Gasteiger partial charge in [-0.2, -0.15) is 0 Å². The van der Waals surface area contributed by atoms with Gasteiger partial charge < -0.3 is 5.32 Å². The SMILES string of the molecule is CCc1ccccc1N(CC(=O)Nc1ccc(Br)c(C)c1)S(=O)(=O)c1ccccc1. The van der Waals surface area contributed by atoms with Crippen LogP contribution >= 0.6 is 15.9 Å². The lowest BCUT2D eigenvalue weighted by Gasteiger charge is -2.26. The van der Waals surface area contributed by atoms with Gasteiger partial charge in [-0.25, -0.2) is 8.42 Å². The first-order chi connectivity index (χ1) is 14.3. The minimum atomic E-state index is -3.92. The number of amides is 1. The molecule has 3 aromatic carbocycles. The third-order valence-electron chi connectivity index (χ3n) is 4.70. The standard InChI is InChI=1S/C23H23BrN2O3S/c1-3-18-9-7-8-12-22(18)26(30(28,29)20-10-5-4-6-11-20)16-23(27)25-19-13-14-21(24)17(2)15-19/h4-15H,3,16H2,1-2H3,(H,25,27). The van der Waals surface area contributed by atoms with Gasteiger partial charge in [0.2, 0.25) is 5.91 Å². The summed E-state index contributed by atoms with van der Waals surface area (Å²) in [5.41, 5.74) is 2.94.